The van der Waals surface area contributed by atoms with E-state index < -0.39 is 5.60 Å². The molecule has 0 radical (unpaired) electrons. The largest absolute Gasteiger partial charge is 0.507 e. The zero-order valence-electron chi connectivity index (χ0n) is 10.8. The van der Waals surface area contributed by atoms with Crippen molar-refractivity contribution < 1.29 is 15.0 Å². The van der Waals surface area contributed by atoms with Gasteiger partial charge in [-0.05, 0) is 25.0 Å². The molecule has 1 heterocycles. The lowest BCUT2D eigenvalue weighted by Gasteiger charge is -2.46. The van der Waals surface area contributed by atoms with E-state index in [-0.39, 0.29) is 11.7 Å². The van der Waals surface area contributed by atoms with Crippen LogP contribution >= 0.6 is 0 Å². The summed E-state index contributed by atoms with van der Waals surface area (Å²) >= 11 is 0. The Balaban J connectivity index is 2.08. The Hall–Kier alpha value is -1.55. The molecule has 2 N–H and O–H groups in total. The molecule has 0 aliphatic carbocycles. The molecule has 1 fully saturated rings. The Morgan fingerprint density at radius 2 is 2.11 bits per heavy atom. The number of phenols is 1. The van der Waals surface area contributed by atoms with Crippen LogP contribution in [-0.4, -0.2) is 39.7 Å². The zero-order valence-corrected chi connectivity index (χ0v) is 10.8. The van der Waals surface area contributed by atoms with Crippen molar-refractivity contribution in [3.8, 4) is 5.75 Å². The second-order valence-corrected chi connectivity index (χ2v) is 5.11. The minimum atomic E-state index is -0.732. The number of carbonyl (C=O) groups excluding carboxylic acids is 1. The summed E-state index contributed by atoms with van der Waals surface area (Å²) in [6.07, 6.45) is 1.60. The lowest BCUT2D eigenvalue weighted by Crippen LogP contribution is -2.63. The number of phenolic OH excluding ortho intramolecular Hbond substituents is 1. The van der Waals surface area contributed by atoms with Crippen LogP contribution in [0.3, 0.4) is 0 Å². The number of aryl methyl sites for hydroxylation is 1. The first kappa shape index (κ1) is 12.9. The van der Waals surface area contributed by atoms with Crippen LogP contribution in [0.1, 0.15) is 35.7 Å². The van der Waals surface area contributed by atoms with E-state index in [1.807, 2.05) is 6.92 Å². The van der Waals surface area contributed by atoms with Crippen LogP contribution in [0.15, 0.2) is 18.2 Å². The molecule has 1 aliphatic rings. The Labute approximate surface area is 107 Å². The molecule has 0 spiro atoms. The van der Waals surface area contributed by atoms with Crippen LogP contribution in [-0.2, 0) is 0 Å². The summed E-state index contributed by atoms with van der Waals surface area (Å²) < 4.78 is 0. The van der Waals surface area contributed by atoms with Gasteiger partial charge in [-0.1, -0.05) is 25.5 Å². The summed E-state index contributed by atoms with van der Waals surface area (Å²) in [6.45, 7) is 4.48. The number of aliphatic hydroxyl groups is 1. The van der Waals surface area contributed by atoms with Gasteiger partial charge in [0.2, 0.25) is 0 Å². The quantitative estimate of drug-likeness (QED) is 0.857. The van der Waals surface area contributed by atoms with Gasteiger partial charge in [0.1, 0.15) is 5.75 Å². The van der Waals surface area contributed by atoms with Crippen LogP contribution in [0.5, 0.6) is 5.75 Å². The molecular formula is C14H19NO3. The van der Waals surface area contributed by atoms with Crippen LogP contribution < -0.4 is 0 Å². The smallest absolute Gasteiger partial charge is 0.257 e. The van der Waals surface area contributed by atoms with Crippen LogP contribution in [0, 0.1) is 6.92 Å². The molecule has 1 aromatic rings. The number of nitrogens with zero attached hydrogens (tertiary/aromatic N) is 1. The van der Waals surface area contributed by atoms with Crippen molar-refractivity contribution in [2.24, 2.45) is 0 Å². The zero-order chi connectivity index (χ0) is 13.3. The average Bonchev–Trinajstić information content (AvgIpc) is 2.29. The number of carbonyl (C=O) groups is 1. The molecule has 4 heteroatoms. The van der Waals surface area contributed by atoms with Crippen molar-refractivity contribution in [1.29, 1.82) is 0 Å². The van der Waals surface area contributed by atoms with Crippen LogP contribution in [0.2, 0.25) is 0 Å². The summed E-state index contributed by atoms with van der Waals surface area (Å²) in [5.41, 5.74) is 0.267. The second kappa shape index (κ2) is 4.61. The number of benzene rings is 1. The van der Waals surface area contributed by atoms with Gasteiger partial charge in [0, 0.05) is 0 Å². The number of amides is 1. The summed E-state index contributed by atoms with van der Waals surface area (Å²) in [5.74, 6) is -0.176. The van der Waals surface area contributed by atoms with Crippen molar-refractivity contribution in [1.82, 2.24) is 4.90 Å². The van der Waals surface area contributed by atoms with E-state index in [9.17, 15) is 15.0 Å². The standard InChI is InChI=1S/C14H19NO3/c1-3-7-14(18)8-15(9-14)13(17)11-6-4-5-10(2)12(11)16/h4-6,16,18H,3,7-9H2,1-2H3. The molecular weight excluding hydrogens is 230 g/mol. The average molecular weight is 249 g/mol. The van der Waals surface area contributed by atoms with E-state index in [1.165, 1.54) is 0 Å². The van der Waals surface area contributed by atoms with Gasteiger partial charge >= 0.3 is 0 Å². The van der Waals surface area contributed by atoms with Gasteiger partial charge in [-0.15, -0.1) is 0 Å². The molecule has 0 saturated carbocycles. The highest BCUT2D eigenvalue weighted by Crippen LogP contribution is 2.30. The Morgan fingerprint density at radius 3 is 2.72 bits per heavy atom. The highest BCUT2D eigenvalue weighted by Gasteiger charge is 2.43. The molecule has 1 aromatic carbocycles. The minimum absolute atomic E-state index is 0.0356. The van der Waals surface area contributed by atoms with Gasteiger partial charge < -0.3 is 15.1 Å². The lowest BCUT2D eigenvalue weighted by molar-refractivity contribution is -0.0860. The molecule has 1 saturated heterocycles. The van der Waals surface area contributed by atoms with Gasteiger partial charge in [0.25, 0.3) is 5.91 Å². The minimum Gasteiger partial charge on any atom is -0.507 e. The Morgan fingerprint density at radius 1 is 1.44 bits per heavy atom. The van der Waals surface area contributed by atoms with Crippen molar-refractivity contribution in [3.63, 3.8) is 0 Å². The lowest BCUT2D eigenvalue weighted by atomic mass is 9.88. The molecule has 2 rings (SSSR count). The first-order chi connectivity index (χ1) is 8.47. The monoisotopic (exact) mass is 249 g/mol. The van der Waals surface area contributed by atoms with Gasteiger partial charge in [0.05, 0.1) is 24.3 Å². The predicted octanol–water partition coefficient (Wildman–Crippen LogP) is 1.69. The number of β-amino-alcohol motifs (C(OH)–C–C–N with tert-alkyl or cyclic N) is 1. The third kappa shape index (κ3) is 2.20. The molecule has 0 unspecified atom stereocenters. The van der Waals surface area contributed by atoms with E-state index in [0.717, 1.165) is 6.42 Å². The van der Waals surface area contributed by atoms with Crippen molar-refractivity contribution >= 4 is 5.91 Å². The van der Waals surface area contributed by atoms with E-state index in [4.69, 9.17) is 0 Å². The number of hydrogen-bond donors (Lipinski definition) is 2. The number of likely N-dealkylation sites (tertiary alicyclic amines) is 1. The normalized spacial score (nSPS) is 17.4. The molecule has 4 nitrogen and oxygen atoms in total. The van der Waals surface area contributed by atoms with E-state index >= 15 is 0 Å². The SMILES string of the molecule is CCCC1(O)CN(C(=O)c2cccc(C)c2O)C1. The number of para-hydroxylation sites is 1. The van der Waals surface area contributed by atoms with E-state index in [1.54, 1.807) is 30.0 Å². The highest BCUT2D eigenvalue weighted by atomic mass is 16.3. The van der Waals surface area contributed by atoms with E-state index in [2.05, 4.69) is 0 Å². The number of aromatic hydroxyl groups is 1. The summed E-state index contributed by atoms with van der Waals surface area (Å²) in [6, 6.07) is 5.12. The topological polar surface area (TPSA) is 60.8 Å². The molecule has 0 aromatic heterocycles. The van der Waals surface area contributed by atoms with Gasteiger partial charge in [-0.25, -0.2) is 0 Å². The molecule has 1 amide bonds. The van der Waals surface area contributed by atoms with Gasteiger partial charge in [-0.2, -0.15) is 0 Å². The molecule has 1 aliphatic heterocycles. The summed E-state index contributed by atoms with van der Waals surface area (Å²) in [5, 5.41) is 19.9. The third-order valence-electron chi connectivity index (χ3n) is 3.44. The predicted molar refractivity (Wildman–Crippen MR) is 68.6 cm³/mol. The Kier molecular flexibility index (Phi) is 3.30. The third-order valence-corrected chi connectivity index (χ3v) is 3.44. The molecule has 98 valence electrons. The van der Waals surface area contributed by atoms with Crippen LogP contribution in [0.25, 0.3) is 0 Å². The van der Waals surface area contributed by atoms with Crippen molar-refractivity contribution in [2.45, 2.75) is 32.3 Å². The van der Waals surface area contributed by atoms with Crippen molar-refractivity contribution in [3.05, 3.63) is 29.3 Å². The van der Waals surface area contributed by atoms with Gasteiger partial charge in [0.15, 0.2) is 0 Å². The Bertz CT molecular complexity index is 464. The first-order valence-electron chi connectivity index (χ1n) is 6.27. The van der Waals surface area contributed by atoms with Crippen LogP contribution in [0.4, 0.5) is 0 Å². The summed E-state index contributed by atoms with van der Waals surface area (Å²) in [7, 11) is 0. The second-order valence-electron chi connectivity index (χ2n) is 5.11. The maximum atomic E-state index is 12.1. The van der Waals surface area contributed by atoms with Crippen molar-refractivity contribution in [2.75, 3.05) is 13.1 Å². The fraction of sp³-hybridized carbons (Fsp3) is 0.500. The fourth-order valence-corrected chi connectivity index (χ4v) is 2.43. The molecule has 0 bridgehead atoms. The molecule has 0 atom stereocenters. The molecule has 18 heavy (non-hydrogen) atoms. The maximum absolute atomic E-state index is 12.1. The van der Waals surface area contributed by atoms with Gasteiger partial charge in [-0.3, -0.25) is 4.79 Å². The summed E-state index contributed by atoms with van der Waals surface area (Å²) in [4.78, 5) is 13.7. The number of hydrogen-bond acceptors (Lipinski definition) is 3. The highest BCUT2D eigenvalue weighted by molar-refractivity contribution is 5.97. The maximum Gasteiger partial charge on any atom is 0.257 e. The first-order valence-corrected chi connectivity index (χ1v) is 6.27. The van der Waals surface area contributed by atoms with E-state index in [0.29, 0.717) is 30.6 Å². The number of rotatable bonds is 3. The fourth-order valence-electron chi connectivity index (χ4n) is 2.43.